The zero-order valence-corrected chi connectivity index (χ0v) is 21.0. The number of benzene rings is 3. The third kappa shape index (κ3) is 5.32. The van der Waals surface area contributed by atoms with Crippen LogP contribution in [0.15, 0.2) is 71.6 Å². The number of nitrogens with one attached hydrogen (secondary N) is 3. The van der Waals surface area contributed by atoms with Gasteiger partial charge in [0.1, 0.15) is 11.0 Å². The summed E-state index contributed by atoms with van der Waals surface area (Å²) in [5, 5.41) is 5.00. The lowest BCUT2D eigenvalue weighted by atomic mass is 9.87. The molecule has 4 aromatic rings. The number of hydrogen-bond donors (Lipinski definition) is 3. The molecule has 4 nitrogen and oxygen atoms in total. The fraction of sp³-hybridized carbons (Fsp3) is 0.259. The van der Waals surface area contributed by atoms with Crippen molar-refractivity contribution in [3.05, 3.63) is 83.0 Å². The molecule has 0 saturated heterocycles. The third-order valence-electron chi connectivity index (χ3n) is 5.76. The minimum absolute atomic E-state index is 0.0640. The van der Waals surface area contributed by atoms with Crippen molar-refractivity contribution in [3.63, 3.8) is 0 Å². The van der Waals surface area contributed by atoms with Gasteiger partial charge >= 0.3 is 0 Å². The first-order chi connectivity index (χ1) is 15.8. The highest BCUT2D eigenvalue weighted by molar-refractivity contribution is 7.86. The van der Waals surface area contributed by atoms with E-state index in [1.807, 2.05) is 49.5 Å². The molecule has 0 aliphatic heterocycles. The van der Waals surface area contributed by atoms with Gasteiger partial charge in [-0.15, -0.1) is 0 Å². The Morgan fingerprint density at radius 3 is 2.42 bits per heavy atom. The van der Waals surface area contributed by atoms with Crippen LogP contribution in [-0.4, -0.2) is 22.8 Å². The van der Waals surface area contributed by atoms with E-state index in [9.17, 15) is 4.21 Å². The highest BCUT2D eigenvalue weighted by Crippen LogP contribution is 2.35. The molecule has 0 radical (unpaired) electrons. The van der Waals surface area contributed by atoms with E-state index in [0.717, 1.165) is 51.3 Å². The molecule has 0 spiro atoms. The van der Waals surface area contributed by atoms with E-state index in [-0.39, 0.29) is 5.41 Å². The predicted octanol–water partition coefficient (Wildman–Crippen LogP) is 6.68. The van der Waals surface area contributed by atoms with Crippen LogP contribution < -0.4 is 10.0 Å². The van der Waals surface area contributed by atoms with Gasteiger partial charge < -0.3 is 15.0 Å². The second-order valence-electron chi connectivity index (χ2n) is 9.25. The molecule has 0 aliphatic carbocycles. The zero-order chi connectivity index (χ0) is 23.6. The van der Waals surface area contributed by atoms with Crippen LogP contribution in [0.5, 0.6) is 0 Å². The third-order valence-corrected chi connectivity index (χ3v) is 7.12. The first-order valence-corrected chi connectivity index (χ1v) is 12.6. The second-order valence-corrected chi connectivity index (χ2v) is 10.9. The minimum Gasteiger partial charge on any atom is -0.358 e. The number of fused-ring (bicyclic) bond motifs is 1. The predicted molar refractivity (Wildman–Crippen MR) is 142 cm³/mol. The molecule has 1 heterocycles. The lowest BCUT2D eigenvalue weighted by Crippen LogP contribution is -2.11. The van der Waals surface area contributed by atoms with Crippen molar-refractivity contribution in [2.75, 3.05) is 18.3 Å². The van der Waals surface area contributed by atoms with Crippen LogP contribution >= 0.6 is 11.6 Å². The number of halogens is 1. The Labute approximate surface area is 203 Å². The molecule has 1 atom stereocenters. The topological polar surface area (TPSA) is 56.9 Å². The molecule has 172 valence electrons. The molecule has 3 N–H and O–H groups in total. The Morgan fingerprint density at radius 2 is 1.76 bits per heavy atom. The fourth-order valence-corrected chi connectivity index (χ4v) is 5.00. The lowest BCUT2D eigenvalue weighted by Gasteiger charge is -2.19. The highest BCUT2D eigenvalue weighted by atomic mass is 35.5. The number of H-pyrrole nitrogens is 1. The standard InChI is InChI=1S/C27H30ClN3OS/c1-27(2,3)19-8-11-22(12-9-19)33(32)31-21-10-13-24-23(17-21)26(25(30-24)14-15-29-4)18-6-5-7-20(28)16-18/h5-13,16-17,29-31H,14-15H2,1-4H3. The quantitative estimate of drug-likeness (QED) is 0.277. The zero-order valence-electron chi connectivity index (χ0n) is 19.5. The molecule has 0 fully saturated rings. The van der Waals surface area contributed by atoms with E-state index in [4.69, 9.17) is 11.6 Å². The number of aromatic nitrogens is 1. The van der Waals surface area contributed by atoms with Crippen LogP contribution in [0.3, 0.4) is 0 Å². The maximum Gasteiger partial charge on any atom is 0.150 e. The molecule has 3 aromatic carbocycles. The largest absolute Gasteiger partial charge is 0.358 e. The maximum atomic E-state index is 13.0. The average molecular weight is 480 g/mol. The lowest BCUT2D eigenvalue weighted by molar-refractivity contribution is 0.589. The first kappa shape index (κ1) is 23.6. The summed E-state index contributed by atoms with van der Waals surface area (Å²) < 4.78 is 16.2. The first-order valence-electron chi connectivity index (χ1n) is 11.1. The molecule has 4 rings (SSSR count). The second kappa shape index (κ2) is 9.72. The van der Waals surface area contributed by atoms with Crippen molar-refractivity contribution in [1.82, 2.24) is 10.3 Å². The summed E-state index contributed by atoms with van der Waals surface area (Å²) in [6.07, 6.45) is 0.863. The van der Waals surface area contributed by atoms with Crippen LogP contribution in [0.1, 0.15) is 32.0 Å². The van der Waals surface area contributed by atoms with Crippen molar-refractivity contribution in [2.24, 2.45) is 0 Å². The van der Waals surface area contributed by atoms with E-state index in [0.29, 0.717) is 5.02 Å². The van der Waals surface area contributed by atoms with Gasteiger partial charge in [-0.2, -0.15) is 0 Å². The summed E-state index contributed by atoms with van der Waals surface area (Å²) in [6, 6.07) is 22.0. The molecule has 0 aliphatic rings. The van der Waals surface area contributed by atoms with Gasteiger partial charge in [-0.3, -0.25) is 0 Å². The van der Waals surface area contributed by atoms with Gasteiger partial charge in [0.25, 0.3) is 0 Å². The van der Waals surface area contributed by atoms with E-state index in [1.165, 1.54) is 5.56 Å². The maximum absolute atomic E-state index is 13.0. The Hall–Kier alpha value is -2.60. The van der Waals surface area contributed by atoms with Gasteiger partial charge in [0.15, 0.2) is 0 Å². The molecule has 0 bridgehead atoms. The normalized spacial score (nSPS) is 12.8. The van der Waals surface area contributed by atoms with E-state index >= 15 is 0 Å². The van der Waals surface area contributed by atoms with Gasteiger partial charge in [-0.1, -0.05) is 56.6 Å². The van der Waals surface area contributed by atoms with Crippen LogP contribution in [0, 0.1) is 0 Å². The molecular weight excluding hydrogens is 450 g/mol. The number of aromatic amines is 1. The van der Waals surface area contributed by atoms with Gasteiger partial charge in [0.2, 0.25) is 0 Å². The summed E-state index contributed by atoms with van der Waals surface area (Å²) in [5.41, 5.74) is 6.48. The highest BCUT2D eigenvalue weighted by Gasteiger charge is 2.16. The van der Waals surface area contributed by atoms with Crippen LogP contribution in [0.25, 0.3) is 22.0 Å². The Balaban J connectivity index is 1.68. The van der Waals surface area contributed by atoms with Crippen LogP contribution in [-0.2, 0) is 22.8 Å². The SMILES string of the molecule is CNCCc1[nH]c2ccc(NS(=O)c3ccc(C(C)(C)C)cc3)cc2c1-c1cccc(Cl)c1. The Bertz CT molecular complexity index is 1290. The monoisotopic (exact) mass is 479 g/mol. The number of rotatable bonds is 7. The molecule has 1 unspecified atom stereocenters. The average Bonchev–Trinajstić information content (AvgIpc) is 3.14. The number of anilines is 1. The molecule has 6 heteroatoms. The van der Waals surface area contributed by atoms with E-state index in [2.05, 4.69) is 60.1 Å². The molecular formula is C27H30ClN3OS. The van der Waals surface area contributed by atoms with Crippen molar-refractivity contribution < 1.29 is 4.21 Å². The Kier molecular flexibility index (Phi) is 6.94. The van der Waals surface area contributed by atoms with Crippen molar-refractivity contribution in [1.29, 1.82) is 0 Å². The molecule has 1 aromatic heterocycles. The Morgan fingerprint density at radius 1 is 1.00 bits per heavy atom. The van der Waals surface area contributed by atoms with Crippen LogP contribution in [0.2, 0.25) is 5.02 Å². The van der Waals surface area contributed by atoms with E-state index in [1.54, 1.807) is 0 Å². The molecule has 0 amide bonds. The van der Waals surface area contributed by atoms with Crippen LogP contribution in [0.4, 0.5) is 5.69 Å². The minimum atomic E-state index is -1.36. The van der Waals surface area contributed by atoms with Gasteiger partial charge in [-0.25, -0.2) is 4.21 Å². The molecule has 33 heavy (non-hydrogen) atoms. The summed E-state index contributed by atoms with van der Waals surface area (Å²) in [6.45, 7) is 7.38. The number of likely N-dealkylation sites (N-methyl/N-ethyl adjacent to an activating group) is 1. The van der Waals surface area contributed by atoms with Crippen molar-refractivity contribution >= 4 is 39.2 Å². The van der Waals surface area contributed by atoms with E-state index < -0.39 is 11.0 Å². The van der Waals surface area contributed by atoms with Crippen molar-refractivity contribution in [2.45, 2.75) is 37.5 Å². The summed E-state index contributed by atoms with van der Waals surface area (Å²) in [5.74, 6) is 0. The number of hydrogen-bond acceptors (Lipinski definition) is 2. The summed E-state index contributed by atoms with van der Waals surface area (Å²) in [4.78, 5) is 4.31. The van der Waals surface area contributed by atoms with Gasteiger partial charge in [0.05, 0.1) is 4.90 Å². The smallest absolute Gasteiger partial charge is 0.150 e. The summed E-state index contributed by atoms with van der Waals surface area (Å²) >= 11 is 6.30. The van der Waals surface area contributed by atoms with Crippen molar-refractivity contribution in [3.8, 4) is 11.1 Å². The fourth-order valence-electron chi connectivity index (χ4n) is 3.97. The summed E-state index contributed by atoms with van der Waals surface area (Å²) in [7, 11) is 0.595. The molecule has 0 saturated carbocycles. The van der Waals surface area contributed by atoms with Gasteiger partial charge in [-0.05, 0) is 66.1 Å². The van der Waals surface area contributed by atoms with Gasteiger partial charge in [0, 0.05) is 45.8 Å².